The Morgan fingerprint density at radius 3 is 3.06 bits per heavy atom. The fraction of sp³-hybridized carbons (Fsp3) is 0.300. The van der Waals surface area contributed by atoms with E-state index in [0.29, 0.717) is 6.54 Å². The Hall–Kier alpha value is -1.89. The molecular weight excluding hydrogens is 238 g/mol. The van der Waals surface area contributed by atoms with Gasteiger partial charge in [0.15, 0.2) is 0 Å². The number of H-pyrrole nitrogens is 1. The van der Waals surface area contributed by atoms with Gasteiger partial charge in [-0.25, -0.2) is 0 Å². The van der Waals surface area contributed by atoms with Crippen LogP contribution < -0.4 is 5.73 Å². The molecule has 2 heterocycles. The maximum Gasteiger partial charge on any atom is 0.290 e. The molecule has 0 radical (unpaired) electrons. The van der Waals surface area contributed by atoms with E-state index in [0.717, 1.165) is 6.42 Å². The number of rotatable bonds is 4. The number of carbonyl (C=O) groups excluding carboxylic acids is 1. The fourth-order valence-electron chi connectivity index (χ4n) is 1.39. The molecule has 0 saturated heterocycles. The number of thiophene rings is 1. The summed E-state index contributed by atoms with van der Waals surface area (Å²) in [7, 11) is 1.73. The van der Waals surface area contributed by atoms with Crippen molar-refractivity contribution in [3.05, 3.63) is 28.2 Å². The van der Waals surface area contributed by atoms with Crippen LogP contribution in [0.2, 0.25) is 0 Å². The van der Waals surface area contributed by atoms with Gasteiger partial charge in [0.25, 0.3) is 5.91 Å². The number of amides is 1. The number of nitrogens with two attached hydrogens (primary N) is 1. The Bertz CT molecular complexity index is 493. The quantitative estimate of drug-likeness (QED) is 0.839. The first-order valence-electron chi connectivity index (χ1n) is 5.12. The van der Waals surface area contributed by atoms with Gasteiger partial charge in [-0.1, -0.05) is 6.07 Å². The number of aromatic amines is 1. The van der Waals surface area contributed by atoms with E-state index in [1.165, 1.54) is 4.88 Å². The topological polar surface area (TPSA) is 87.9 Å². The molecule has 0 aliphatic heterocycles. The van der Waals surface area contributed by atoms with E-state index in [2.05, 4.69) is 21.2 Å². The van der Waals surface area contributed by atoms with Crippen LogP contribution in [0.25, 0.3) is 0 Å². The van der Waals surface area contributed by atoms with Gasteiger partial charge in [0, 0.05) is 18.5 Å². The Labute approximate surface area is 102 Å². The van der Waals surface area contributed by atoms with Crippen molar-refractivity contribution in [3.63, 3.8) is 0 Å². The highest BCUT2D eigenvalue weighted by atomic mass is 32.1. The molecule has 0 atom stereocenters. The molecule has 0 aliphatic carbocycles. The third-order valence-electron chi connectivity index (χ3n) is 2.33. The highest BCUT2D eigenvalue weighted by molar-refractivity contribution is 7.09. The summed E-state index contributed by atoms with van der Waals surface area (Å²) in [5.74, 6) is 0.0574. The first kappa shape index (κ1) is 11.6. The number of carbonyl (C=O) groups is 1. The van der Waals surface area contributed by atoms with Crippen molar-refractivity contribution >= 4 is 23.2 Å². The lowest BCUT2D eigenvalue weighted by Crippen LogP contribution is -2.29. The summed E-state index contributed by atoms with van der Waals surface area (Å²) in [6, 6.07) is 4.05. The summed E-state index contributed by atoms with van der Waals surface area (Å²) >= 11 is 1.68. The van der Waals surface area contributed by atoms with Gasteiger partial charge in [0.05, 0.1) is 0 Å². The zero-order chi connectivity index (χ0) is 12.3. The van der Waals surface area contributed by atoms with Crippen molar-refractivity contribution in [1.82, 2.24) is 20.1 Å². The molecule has 6 nitrogen and oxygen atoms in total. The Kier molecular flexibility index (Phi) is 3.38. The van der Waals surface area contributed by atoms with Gasteiger partial charge in [0.1, 0.15) is 0 Å². The van der Waals surface area contributed by atoms with E-state index < -0.39 is 0 Å². The van der Waals surface area contributed by atoms with E-state index in [-0.39, 0.29) is 17.7 Å². The number of hydrogen-bond donors (Lipinski definition) is 2. The highest BCUT2D eigenvalue weighted by Gasteiger charge is 2.15. The van der Waals surface area contributed by atoms with Crippen LogP contribution in [0.4, 0.5) is 5.95 Å². The van der Waals surface area contributed by atoms with Gasteiger partial charge < -0.3 is 10.6 Å². The van der Waals surface area contributed by atoms with E-state index >= 15 is 0 Å². The van der Waals surface area contributed by atoms with Crippen LogP contribution in [0.3, 0.4) is 0 Å². The van der Waals surface area contributed by atoms with Crippen molar-refractivity contribution in [2.75, 3.05) is 19.3 Å². The van der Waals surface area contributed by atoms with E-state index in [4.69, 9.17) is 5.73 Å². The normalized spacial score (nSPS) is 10.4. The molecule has 0 saturated carbocycles. The van der Waals surface area contributed by atoms with Gasteiger partial charge in [-0.2, -0.15) is 4.98 Å². The van der Waals surface area contributed by atoms with Crippen LogP contribution in [0, 0.1) is 0 Å². The number of nitrogens with zero attached hydrogens (tertiary/aromatic N) is 3. The monoisotopic (exact) mass is 251 g/mol. The first-order valence-corrected chi connectivity index (χ1v) is 6.00. The zero-order valence-electron chi connectivity index (χ0n) is 9.38. The molecule has 2 aromatic rings. The molecule has 17 heavy (non-hydrogen) atoms. The van der Waals surface area contributed by atoms with Crippen LogP contribution in [0.15, 0.2) is 17.5 Å². The molecule has 90 valence electrons. The highest BCUT2D eigenvalue weighted by Crippen LogP contribution is 2.10. The Morgan fingerprint density at radius 2 is 2.47 bits per heavy atom. The minimum Gasteiger partial charge on any atom is -0.366 e. The number of aromatic nitrogens is 3. The molecular formula is C10H13N5OS. The van der Waals surface area contributed by atoms with Crippen LogP contribution in [-0.2, 0) is 6.42 Å². The van der Waals surface area contributed by atoms with Crippen molar-refractivity contribution in [2.24, 2.45) is 0 Å². The lowest BCUT2D eigenvalue weighted by molar-refractivity contribution is 0.0785. The summed E-state index contributed by atoms with van der Waals surface area (Å²) in [6.07, 6.45) is 0.837. The largest absolute Gasteiger partial charge is 0.366 e. The molecule has 1 amide bonds. The second-order valence-electron chi connectivity index (χ2n) is 3.60. The maximum absolute atomic E-state index is 11.9. The second-order valence-corrected chi connectivity index (χ2v) is 4.63. The number of likely N-dealkylation sites (N-methyl/N-ethyl adjacent to an activating group) is 1. The van der Waals surface area contributed by atoms with Gasteiger partial charge in [-0.05, 0) is 17.9 Å². The van der Waals surface area contributed by atoms with Crippen molar-refractivity contribution in [1.29, 1.82) is 0 Å². The van der Waals surface area contributed by atoms with Gasteiger partial charge in [-0.3, -0.25) is 9.89 Å². The van der Waals surface area contributed by atoms with Crippen LogP contribution in [0.5, 0.6) is 0 Å². The van der Waals surface area contributed by atoms with Crippen molar-refractivity contribution in [2.45, 2.75) is 6.42 Å². The third-order valence-corrected chi connectivity index (χ3v) is 3.26. The van der Waals surface area contributed by atoms with Gasteiger partial charge >= 0.3 is 0 Å². The SMILES string of the molecule is CN(CCc1cccs1)C(=O)c1nc(N)n[nH]1. The maximum atomic E-state index is 11.9. The van der Waals surface area contributed by atoms with Crippen LogP contribution in [0.1, 0.15) is 15.5 Å². The molecule has 0 spiro atoms. The smallest absolute Gasteiger partial charge is 0.290 e. The average Bonchev–Trinajstić information content (AvgIpc) is 2.95. The average molecular weight is 251 g/mol. The molecule has 2 aromatic heterocycles. The summed E-state index contributed by atoms with van der Waals surface area (Å²) < 4.78 is 0. The molecule has 0 aromatic carbocycles. The predicted molar refractivity (Wildman–Crippen MR) is 65.8 cm³/mol. The van der Waals surface area contributed by atoms with Crippen LogP contribution >= 0.6 is 11.3 Å². The summed E-state index contributed by atoms with van der Waals surface area (Å²) in [5, 5.41) is 8.15. The standard InChI is InChI=1S/C10H13N5OS/c1-15(5-4-7-3-2-6-17-7)9(16)8-12-10(11)14-13-8/h2-3,6H,4-5H2,1H3,(H3,11,12,13,14). The molecule has 7 heteroatoms. The minimum absolute atomic E-state index is 0.0833. The molecule has 3 N–H and O–H groups in total. The number of anilines is 1. The molecule has 0 bridgehead atoms. The number of hydrogen-bond acceptors (Lipinski definition) is 5. The predicted octanol–water partition coefficient (Wildman–Crippen LogP) is 0.763. The summed E-state index contributed by atoms with van der Waals surface area (Å²) in [5.41, 5.74) is 5.35. The minimum atomic E-state index is -0.203. The lowest BCUT2D eigenvalue weighted by Gasteiger charge is -2.14. The molecule has 0 fully saturated rings. The van der Waals surface area contributed by atoms with Gasteiger partial charge in [-0.15, -0.1) is 16.4 Å². The molecule has 0 unspecified atom stereocenters. The van der Waals surface area contributed by atoms with Gasteiger partial charge in [0.2, 0.25) is 11.8 Å². The molecule has 2 rings (SSSR count). The van der Waals surface area contributed by atoms with Crippen LogP contribution in [-0.4, -0.2) is 39.6 Å². The summed E-state index contributed by atoms with van der Waals surface area (Å²) in [4.78, 5) is 18.5. The third kappa shape index (κ3) is 2.82. The number of nitrogen functional groups attached to an aromatic ring is 1. The van der Waals surface area contributed by atoms with E-state index in [9.17, 15) is 4.79 Å². The Balaban J connectivity index is 1.91. The van der Waals surface area contributed by atoms with Crippen molar-refractivity contribution < 1.29 is 4.79 Å². The second kappa shape index (κ2) is 4.96. The lowest BCUT2D eigenvalue weighted by atomic mass is 10.3. The van der Waals surface area contributed by atoms with Crippen molar-refractivity contribution in [3.8, 4) is 0 Å². The fourth-order valence-corrected chi connectivity index (χ4v) is 2.08. The molecule has 0 aliphatic rings. The zero-order valence-corrected chi connectivity index (χ0v) is 10.2. The summed E-state index contributed by atoms with van der Waals surface area (Å²) in [6.45, 7) is 0.639. The Morgan fingerprint density at radius 1 is 1.65 bits per heavy atom. The first-order chi connectivity index (χ1) is 8.16. The van der Waals surface area contributed by atoms with E-state index in [1.54, 1.807) is 23.3 Å². The number of nitrogens with one attached hydrogen (secondary N) is 1. The van der Waals surface area contributed by atoms with E-state index in [1.807, 2.05) is 11.4 Å².